The Morgan fingerprint density at radius 3 is 2.45 bits per heavy atom. The zero-order valence-electron chi connectivity index (χ0n) is 11.1. The Hall–Kier alpha value is -0.820. The summed E-state index contributed by atoms with van der Waals surface area (Å²) in [6.07, 6.45) is 0.480. The van der Waals surface area contributed by atoms with Crippen LogP contribution in [0.15, 0.2) is 17.0 Å². The van der Waals surface area contributed by atoms with E-state index < -0.39 is 22.5 Å². The third-order valence-electron chi connectivity index (χ3n) is 2.62. The summed E-state index contributed by atoms with van der Waals surface area (Å²) in [5, 5.41) is 8.84. The Morgan fingerprint density at radius 1 is 1.35 bits per heavy atom. The molecule has 0 aliphatic rings. The fourth-order valence-electron chi connectivity index (χ4n) is 1.68. The Morgan fingerprint density at radius 2 is 1.95 bits per heavy atom. The summed E-state index contributed by atoms with van der Waals surface area (Å²) in [6.45, 7) is 2.86. The first-order valence-electron chi connectivity index (χ1n) is 5.88. The van der Waals surface area contributed by atoms with E-state index in [-0.39, 0.29) is 21.5 Å². The van der Waals surface area contributed by atoms with Crippen LogP contribution in [0.25, 0.3) is 0 Å². The Labute approximate surface area is 128 Å². The molecular formula is C12H15Cl2NO4S. The number of nitrogens with zero attached hydrogens (tertiary/aromatic N) is 1. The molecule has 0 amide bonds. The van der Waals surface area contributed by atoms with Crippen molar-refractivity contribution in [3.05, 3.63) is 27.7 Å². The highest BCUT2D eigenvalue weighted by Crippen LogP contribution is 2.33. The van der Waals surface area contributed by atoms with Gasteiger partial charge >= 0.3 is 5.97 Å². The lowest BCUT2D eigenvalue weighted by Gasteiger charge is -2.21. The molecule has 0 radical (unpaired) electrons. The molecule has 5 nitrogen and oxygen atoms in total. The summed E-state index contributed by atoms with van der Waals surface area (Å²) >= 11 is 12.0. The number of carboxylic acids is 1. The van der Waals surface area contributed by atoms with Gasteiger partial charge in [0, 0.05) is 6.54 Å². The quantitative estimate of drug-likeness (QED) is 0.864. The second-order valence-electron chi connectivity index (χ2n) is 4.24. The van der Waals surface area contributed by atoms with E-state index in [9.17, 15) is 13.2 Å². The average molecular weight is 340 g/mol. The normalized spacial score (nSPS) is 11.8. The predicted octanol–water partition coefficient (Wildman–Crippen LogP) is 2.79. The maximum absolute atomic E-state index is 12.5. The molecule has 0 atom stereocenters. The van der Waals surface area contributed by atoms with E-state index >= 15 is 0 Å². The van der Waals surface area contributed by atoms with Crippen LogP contribution >= 0.6 is 23.2 Å². The number of aryl methyl sites for hydroxylation is 1. The molecule has 0 aliphatic heterocycles. The predicted molar refractivity (Wildman–Crippen MR) is 77.9 cm³/mol. The number of hydrogen-bond donors (Lipinski definition) is 1. The summed E-state index contributed by atoms with van der Waals surface area (Å²) in [5.41, 5.74) is 0.557. The van der Waals surface area contributed by atoms with Crippen molar-refractivity contribution in [2.45, 2.75) is 25.2 Å². The van der Waals surface area contributed by atoms with Gasteiger partial charge in [0.05, 0.1) is 10.0 Å². The summed E-state index contributed by atoms with van der Waals surface area (Å²) < 4.78 is 26.0. The van der Waals surface area contributed by atoms with Crippen LogP contribution in [0.5, 0.6) is 0 Å². The lowest BCUT2D eigenvalue weighted by molar-refractivity contribution is -0.137. The third-order valence-corrected chi connectivity index (χ3v) is 5.58. The van der Waals surface area contributed by atoms with Crippen molar-refractivity contribution in [1.29, 1.82) is 0 Å². The number of aliphatic carboxylic acids is 1. The Kier molecular flexibility index (Phi) is 5.82. The minimum Gasteiger partial charge on any atom is -0.480 e. The average Bonchev–Trinajstić information content (AvgIpc) is 2.33. The van der Waals surface area contributed by atoms with Crippen LogP contribution in [-0.4, -0.2) is 36.9 Å². The molecule has 0 bridgehead atoms. The van der Waals surface area contributed by atoms with Crippen LogP contribution in [0.1, 0.15) is 18.9 Å². The van der Waals surface area contributed by atoms with Gasteiger partial charge in [-0.05, 0) is 25.0 Å². The lowest BCUT2D eigenvalue weighted by Crippen LogP contribution is -2.36. The summed E-state index contributed by atoms with van der Waals surface area (Å²) in [6, 6.07) is 3.03. The molecule has 1 aromatic carbocycles. The molecule has 0 saturated carbocycles. The molecule has 1 aromatic rings. The van der Waals surface area contributed by atoms with E-state index in [1.165, 1.54) is 6.07 Å². The highest BCUT2D eigenvalue weighted by Gasteiger charge is 2.30. The van der Waals surface area contributed by atoms with Gasteiger partial charge in [-0.25, -0.2) is 8.42 Å². The molecule has 1 rings (SSSR count). The Bertz CT molecular complexity index is 616. The minimum absolute atomic E-state index is 0.0176. The summed E-state index contributed by atoms with van der Waals surface area (Å²) in [4.78, 5) is 10.6. The number of hydrogen-bond acceptors (Lipinski definition) is 3. The van der Waals surface area contributed by atoms with Gasteiger partial charge in [0.1, 0.15) is 11.4 Å². The van der Waals surface area contributed by atoms with Gasteiger partial charge in [-0.1, -0.05) is 36.2 Å². The Balaban J connectivity index is 3.40. The van der Waals surface area contributed by atoms with Crippen LogP contribution in [0.3, 0.4) is 0 Å². The van der Waals surface area contributed by atoms with Crippen molar-refractivity contribution in [2.24, 2.45) is 0 Å². The number of carbonyl (C=O) groups is 1. The highest BCUT2D eigenvalue weighted by molar-refractivity contribution is 7.89. The van der Waals surface area contributed by atoms with Crippen LogP contribution in [0.2, 0.25) is 10.0 Å². The molecule has 0 spiro atoms. The van der Waals surface area contributed by atoms with Gasteiger partial charge in [0.15, 0.2) is 0 Å². The first-order valence-corrected chi connectivity index (χ1v) is 8.08. The van der Waals surface area contributed by atoms with Crippen LogP contribution < -0.4 is 0 Å². The van der Waals surface area contributed by atoms with Gasteiger partial charge in [-0.2, -0.15) is 4.31 Å². The number of rotatable bonds is 6. The zero-order valence-corrected chi connectivity index (χ0v) is 13.4. The topological polar surface area (TPSA) is 74.7 Å². The first-order chi connectivity index (χ1) is 9.21. The molecule has 0 fully saturated rings. The molecule has 112 valence electrons. The van der Waals surface area contributed by atoms with Gasteiger partial charge in [-0.15, -0.1) is 0 Å². The standard InChI is InChI=1S/C12H15Cl2NO4S/c1-3-6-15(7-10(16)17)20(18,19)12-9(13)5-4-8(2)11(12)14/h4-5H,3,6-7H2,1-2H3,(H,16,17). The highest BCUT2D eigenvalue weighted by atomic mass is 35.5. The van der Waals surface area contributed by atoms with Crippen molar-refractivity contribution in [3.8, 4) is 0 Å². The molecule has 8 heteroatoms. The van der Waals surface area contributed by atoms with E-state index in [4.69, 9.17) is 28.3 Å². The van der Waals surface area contributed by atoms with Gasteiger partial charge in [-0.3, -0.25) is 4.79 Å². The smallest absolute Gasteiger partial charge is 0.318 e. The third kappa shape index (κ3) is 3.63. The second-order valence-corrected chi connectivity index (χ2v) is 6.90. The SMILES string of the molecule is CCCN(CC(=O)O)S(=O)(=O)c1c(Cl)ccc(C)c1Cl. The first kappa shape index (κ1) is 17.2. The molecule has 0 unspecified atom stereocenters. The van der Waals surface area contributed by atoms with Crippen LogP contribution in [0, 0.1) is 6.92 Å². The fraction of sp³-hybridized carbons (Fsp3) is 0.417. The number of sulfonamides is 1. The van der Waals surface area contributed by atoms with E-state index in [1.807, 2.05) is 0 Å². The monoisotopic (exact) mass is 339 g/mol. The van der Waals surface area contributed by atoms with Crippen molar-refractivity contribution >= 4 is 39.2 Å². The van der Waals surface area contributed by atoms with E-state index in [2.05, 4.69) is 0 Å². The maximum Gasteiger partial charge on any atom is 0.318 e. The zero-order chi connectivity index (χ0) is 15.5. The fourth-order valence-corrected chi connectivity index (χ4v) is 4.30. The number of benzene rings is 1. The van der Waals surface area contributed by atoms with Crippen LogP contribution in [-0.2, 0) is 14.8 Å². The molecule has 20 heavy (non-hydrogen) atoms. The lowest BCUT2D eigenvalue weighted by atomic mass is 10.2. The van der Waals surface area contributed by atoms with E-state index in [0.29, 0.717) is 12.0 Å². The molecular weight excluding hydrogens is 325 g/mol. The van der Waals surface area contributed by atoms with Crippen molar-refractivity contribution in [2.75, 3.05) is 13.1 Å². The minimum atomic E-state index is -4.05. The van der Waals surface area contributed by atoms with Gasteiger partial charge in [0.25, 0.3) is 0 Å². The van der Waals surface area contributed by atoms with Crippen molar-refractivity contribution in [3.63, 3.8) is 0 Å². The number of halogens is 2. The number of carboxylic acid groups (broad SMARTS) is 1. The van der Waals surface area contributed by atoms with Gasteiger partial charge < -0.3 is 5.11 Å². The molecule has 0 heterocycles. The van der Waals surface area contributed by atoms with E-state index in [0.717, 1.165) is 4.31 Å². The van der Waals surface area contributed by atoms with Crippen LogP contribution in [0.4, 0.5) is 0 Å². The van der Waals surface area contributed by atoms with E-state index in [1.54, 1.807) is 19.9 Å². The molecule has 1 N–H and O–H groups in total. The molecule has 0 aliphatic carbocycles. The summed E-state index contributed by atoms with van der Waals surface area (Å²) in [5.74, 6) is -1.23. The maximum atomic E-state index is 12.5. The largest absolute Gasteiger partial charge is 0.480 e. The van der Waals surface area contributed by atoms with Crippen molar-refractivity contribution < 1.29 is 18.3 Å². The van der Waals surface area contributed by atoms with Crippen molar-refractivity contribution in [1.82, 2.24) is 4.31 Å². The summed E-state index contributed by atoms with van der Waals surface area (Å²) in [7, 11) is -4.05. The molecule has 0 aromatic heterocycles. The molecule has 0 saturated heterocycles. The second kappa shape index (κ2) is 6.76. The van der Waals surface area contributed by atoms with Gasteiger partial charge in [0.2, 0.25) is 10.0 Å².